The second-order valence-corrected chi connectivity index (χ2v) is 8.17. The van der Waals surface area contributed by atoms with Gasteiger partial charge < -0.3 is 25.5 Å². The Morgan fingerprint density at radius 1 is 0.893 bits per heavy atom. The molecule has 0 aliphatic heterocycles. The Labute approximate surface area is 180 Å². The van der Waals surface area contributed by atoms with Gasteiger partial charge in [0.2, 0.25) is 5.91 Å². The number of amides is 1. The minimum Gasteiger partial charge on any atom is -0.850 e. The molecule has 8 heteroatoms. The van der Waals surface area contributed by atoms with E-state index >= 15 is 0 Å². The molecular weight excluding hydrogens is 425 g/mol. The van der Waals surface area contributed by atoms with Crippen molar-refractivity contribution in [3.63, 3.8) is 0 Å². The molecule has 2 N–H and O–H groups in total. The average molecular weight is 457 g/mol. The zero-order chi connectivity index (χ0) is 22.3. The summed E-state index contributed by atoms with van der Waals surface area (Å²) in [5.41, 5.74) is -5.08. The fourth-order valence-electron chi connectivity index (χ4n) is 0.712. The number of aliphatic hydroxyl groups is 1. The Morgan fingerprint density at radius 2 is 1.21 bits per heavy atom. The molecule has 7 nitrogen and oxygen atoms in total. The number of carbonyl (C=O) groups is 1. The number of hydrogen-bond donors (Lipinski definition) is 2. The predicted molar refractivity (Wildman–Crippen MR) is 102 cm³/mol. The molecule has 2 radical (unpaired) electrons. The van der Waals surface area contributed by atoms with Gasteiger partial charge in [-0.2, -0.15) is 0 Å². The molecule has 158 valence electrons. The van der Waals surface area contributed by atoms with E-state index < -0.39 is 22.4 Å². The van der Waals surface area contributed by atoms with E-state index in [1.807, 2.05) is 0 Å². The molecule has 0 bridgehead atoms. The molecule has 0 spiro atoms. The maximum atomic E-state index is 10.8. The molecule has 0 heterocycles. The van der Waals surface area contributed by atoms with E-state index in [0.717, 1.165) is 0 Å². The molecule has 1 aliphatic carbocycles. The number of carbonyl (C=O) groups excluding carboxylic acids is 1. The monoisotopic (exact) mass is 457 g/mol. The van der Waals surface area contributed by atoms with Crippen LogP contribution in [0.3, 0.4) is 0 Å². The summed E-state index contributed by atoms with van der Waals surface area (Å²) in [7, 11) is 0. The largest absolute Gasteiger partial charge is 3.00 e. The molecule has 1 rings (SSSR count). The van der Waals surface area contributed by atoms with E-state index in [4.69, 9.17) is 5.11 Å². The van der Waals surface area contributed by atoms with Crippen LogP contribution < -0.4 is 25.7 Å². The Balaban J connectivity index is -0.000000337. The van der Waals surface area contributed by atoms with E-state index in [-0.39, 0.29) is 29.6 Å². The molecular formula is C20H32AsNO6. The topological polar surface area (TPSA) is 142 Å². The van der Waals surface area contributed by atoms with Crippen molar-refractivity contribution < 1.29 is 30.3 Å². The zero-order valence-electron chi connectivity index (χ0n) is 18.2. The Morgan fingerprint density at radius 3 is 1.43 bits per heavy atom. The summed E-state index contributed by atoms with van der Waals surface area (Å²) < 4.78 is 0. The fourth-order valence-corrected chi connectivity index (χ4v) is 0.712. The van der Waals surface area contributed by atoms with Gasteiger partial charge in [-0.3, -0.25) is 10.1 Å². The summed E-state index contributed by atoms with van der Waals surface area (Å²) in [6, 6.07) is 0. The van der Waals surface area contributed by atoms with E-state index in [2.05, 4.69) is 11.4 Å². The molecule has 1 amide bonds. The van der Waals surface area contributed by atoms with Gasteiger partial charge in [-0.05, 0) is 0 Å². The average Bonchev–Trinajstić information content (AvgIpc) is 2.37. The van der Waals surface area contributed by atoms with Crippen LogP contribution >= 0.6 is 0 Å². The quantitative estimate of drug-likeness (QED) is 0.410. The third-order valence-electron chi connectivity index (χ3n) is 4.05. The van der Waals surface area contributed by atoms with E-state index in [1.165, 1.54) is 74.5 Å². The van der Waals surface area contributed by atoms with Crippen LogP contribution in [0.15, 0.2) is 29.7 Å². The second kappa shape index (κ2) is 11.7. The Kier molecular flexibility index (Phi) is 13.2. The van der Waals surface area contributed by atoms with Crippen LogP contribution in [-0.4, -0.2) is 51.4 Å². The molecule has 0 aromatic rings. The number of nitrogens with one attached hydrogen (secondary N) is 1. The van der Waals surface area contributed by atoms with Gasteiger partial charge in [0.15, 0.2) is 5.70 Å². The molecule has 1 aliphatic rings. The van der Waals surface area contributed by atoms with Crippen molar-refractivity contribution in [2.24, 2.45) is 0 Å². The maximum Gasteiger partial charge on any atom is 3.00 e. The van der Waals surface area contributed by atoms with Crippen LogP contribution in [0, 0.1) is 6.08 Å². The van der Waals surface area contributed by atoms with Gasteiger partial charge in [-0.25, -0.2) is 0 Å². The first-order chi connectivity index (χ1) is 11.7. The number of hydrogen-bond acceptors (Lipinski definition) is 6. The van der Waals surface area contributed by atoms with Crippen molar-refractivity contribution in [1.82, 2.24) is 5.32 Å². The molecule has 0 atom stereocenters. The zero-order valence-corrected chi connectivity index (χ0v) is 20.0. The first kappa shape index (κ1) is 31.5. The van der Waals surface area contributed by atoms with Crippen LogP contribution in [0.1, 0.15) is 62.3 Å². The standard InChI is InChI=1S/C8H7NO2.2C6H12O2.As/c1-6(10)9-7-4-2-3-5-8(7)11;2*1-5(2,7)6(3,4)8;/h3-5H,1H3,(H-,9,10,11);2*1-4H3;/q;2*-2;+3/p+1. The van der Waals surface area contributed by atoms with Gasteiger partial charge in [0.25, 0.3) is 5.76 Å². The minimum atomic E-state index is -1.37. The second-order valence-electron chi connectivity index (χ2n) is 8.17. The third-order valence-corrected chi connectivity index (χ3v) is 4.05. The van der Waals surface area contributed by atoms with Crippen molar-refractivity contribution in [3.8, 4) is 0 Å². The van der Waals surface area contributed by atoms with Gasteiger partial charge in [0, 0.05) is 13.0 Å². The maximum absolute atomic E-state index is 10.8. The van der Waals surface area contributed by atoms with Gasteiger partial charge >= 0.3 is 18.0 Å². The SMILES string of the molecule is CC(=O)NC1=C(O)C=C[C+]=C1.CC(C)([O-])C(C)(C)[O-].CC(C)([O-])C(C)(C)[O-].[As+3]. The molecule has 28 heavy (non-hydrogen) atoms. The summed E-state index contributed by atoms with van der Waals surface area (Å²) in [4.78, 5) is 10.5. The molecule has 0 unspecified atom stereocenters. The van der Waals surface area contributed by atoms with E-state index in [9.17, 15) is 25.2 Å². The van der Waals surface area contributed by atoms with Crippen LogP contribution in [0.2, 0.25) is 0 Å². The normalized spacial score (nSPS) is 13.9. The predicted octanol–water partition coefficient (Wildman–Crippen LogP) is -1.03. The molecule has 0 fully saturated rings. The summed E-state index contributed by atoms with van der Waals surface area (Å²) in [6.45, 7) is 12.6. The Bertz CT molecular complexity index is 519. The van der Waals surface area contributed by atoms with Crippen LogP contribution in [0.4, 0.5) is 0 Å². The van der Waals surface area contributed by atoms with Crippen LogP contribution in [-0.2, 0) is 4.79 Å². The number of aliphatic hydroxyl groups excluding tert-OH is 1. The summed E-state index contributed by atoms with van der Waals surface area (Å²) >= 11 is 0. The van der Waals surface area contributed by atoms with Crippen LogP contribution in [0.25, 0.3) is 0 Å². The minimum absolute atomic E-state index is 0. The van der Waals surface area contributed by atoms with Gasteiger partial charge in [0.05, 0.1) is 6.08 Å². The van der Waals surface area contributed by atoms with Gasteiger partial charge in [-0.1, -0.05) is 55.4 Å². The van der Waals surface area contributed by atoms with Crippen molar-refractivity contribution in [2.75, 3.05) is 0 Å². The first-order valence-electron chi connectivity index (χ1n) is 8.48. The van der Waals surface area contributed by atoms with Gasteiger partial charge in [-0.15, -0.1) is 22.4 Å². The summed E-state index contributed by atoms with van der Waals surface area (Å²) in [5.74, 6) is -0.154. The molecule has 0 aromatic heterocycles. The number of rotatable bonds is 3. The first-order valence-corrected chi connectivity index (χ1v) is 8.48. The molecule has 0 aromatic carbocycles. The summed E-state index contributed by atoms with van der Waals surface area (Å²) in [5, 5.41) is 54.8. The smallest absolute Gasteiger partial charge is 0.850 e. The van der Waals surface area contributed by atoms with Crippen molar-refractivity contribution in [2.45, 2.75) is 84.7 Å². The van der Waals surface area contributed by atoms with Crippen molar-refractivity contribution >= 4 is 23.9 Å². The fraction of sp³-hybridized carbons (Fsp3) is 0.650. The molecule has 0 saturated carbocycles. The van der Waals surface area contributed by atoms with E-state index in [1.54, 1.807) is 6.08 Å². The number of allylic oxidation sites excluding steroid dienone is 4. The van der Waals surface area contributed by atoms with Crippen molar-refractivity contribution in [3.05, 3.63) is 35.8 Å². The molecule has 0 saturated heterocycles. The van der Waals surface area contributed by atoms with Crippen molar-refractivity contribution in [1.29, 1.82) is 0 Å². The van der Waals surface area contributed by atoms with Crippen LogP contribution in [0.5, 0.6) is 0 Å². The van der Waals surface area contributed by atoms with Gasteiger partial charge in [0.1, 0.15) is 12.2 Å². The Hall–Kier alpha value is -1.20. The van der Waals surface area contributed by atoms with E-state index in [0.29, 0.717) is 5.70 Å². The third kappa shape index (κ3) is 13.9. The summed E-state index contributed by atoms with van der Waals surface area (Å²) in [6.07, 6.45) is 7.28.